The highest BCUT2D eigenvalue weighted by molar-refractivity contribution is 4.85. The van der Waals surface area contributed by atoms with Crippen molar-refractivity contribution in [2.75, 3.05) is 19.7 Å². The number of aliphatic hydroxyl groups excluding tert-OH is 1. The standard InChI is InChI=1S/C15H32N2O/c1-12(2)16-15(5,11-18)7-6-8-17-10-13(3)9-14(17)4/h12-14,16,18H,6-11H2,1-5H3. The number of aliphatic hydroxyl groups is 1. The predicted octanol–water partition coefficient (Wildman–Crippen LogP) is 2.25. The van der Waals surface area contributed by atoms with Crippen molar-refractivity contribution in [1.29, 1.82) is 0 Å². The van der Waals surface area contributed by atoms with Crippen LogP contribution in [0.1, 0.15) is 53.9 Å². The zero-order valence-corrected chi connectivity index (χ0v) is 12.9. The molecular formula is C15H32N2O. The van der Waals surface area contributed by atoms with E-state index in [1.54, 1.807) is 0 Å². The third-order valence-corrected chi connectivity index (χ3v) is 4.07. The second-order valence-electron chi connectivity index (χ2n) is 6.81. The third kappa shape index (κ3) is 4.87. The Hall–Kier alpha value is -0.120. The minimum Gasteiger partial charge on any atom is -0.394 e. The Morgan fingerprint density at radius 1 is 1.39 bits per heavy atom. The highest BCUT2D eigenvalue weighted by Crippen LogP contribution is 2.23. The number of nitrogens with zero attached hydrogens (tertiary/aromatic N) is 1. The molecule has 1 rings (SSSR count). The van der Waals surface area contributed by atoms with E-state index in [9.17, 15) is 5.11 Å². The van der Waals surface area contributed by atoms with E-state index in [1.165, 1.54) is 19.5 Å². The van der Waals surface area contributed by atoms with Crippen LogP contribution >= 0.6 is 0 Å². The van der Waals surface area contributed by atoms with E-state index in [-0.39, 0.29) is 12.1 Å². The highest BCUT2D eigenvalue weighted by atomic mass is 16.3. The summed E-state index contributed by atoms with van der Waals surface area (Å²) in [7, 11) is 0. The Morgan fingerprint density at radius 2 is 2.06 bits per heavy atom. The first-order valence-electron chi connectivity index (χ1n) is 7.49. The molecule has 1 aliphatic rings. The van der Waals surface area contributed by atoms with Gasteiger partial charge in [0.15, 0.2) is 0 Å². The summed E-state index contributed by atoms with van der Waals surface area (Å²) in [6.07, 6.45) is 3.54. The molecule has 0 amide bonds. The molecule has 0 radical (unpaired) electrons. The molecule has 1 saturated heterocycles. The van der Waals surface area contributed by atoms with Crippen LogP contribution in [-0.4, -0.2) is 47.3 Å². The summed E-state index contributed by atoms with van der Waals surface area (Å²) >= 11 is 0. The number of hydrogen-bond donors (Lipinski definition) is 2. The summed E-state index contributed by atoms with van der Waals surface area (Å²) < 4.78 is 0. The van der Waals surface area contributed by atoms with E-state index < -0.39 is 0 Å². The lowest BCUT2D eigenvalue weighted by molar-refractivity contribution is 0.147. The molecule has 2 N–H and O–H groups in total. The quantitative estimate of drug-likeness (QED) is 0.733. The second-order valence-corrected chi connectivity index (χ2v) is 6.81. The lowest BCUT2D eigenvalue weighted by Gasteiger charge is -2.32. The van der Waals surface area contributed by atoms with Crippen LogP contribution in [0.4, 0.5) is 0 Å². The molecule has 0 aromatic rings. The maximum absolute atomic E-state index is 9.54. The maximum Gasteiger partial charge on any atom is 0.0610 e. The van der Waals surface area contributed by atoms with E-state index in [4.69, 9.17) is 0 Å². The molecule has 3 unspecified atom stereocenters. The average Bonchev–Trinajstić information content (AvgIpc) is 2.56. The molecule has 0 aromatic heterocycles. The fourth-order valence-corrected chi connectivity index (χ4v) is 3.26. The first-order chi connectivity index (χ1) is 8.36. The van der Waals surface area contributed by atoms with Crippen LogP contribution in [0.3, 0.4) is 0 Å². The van der Waals surface area contributed by atoms with Crippen molar-refractivity contribution in [3.63, 3.8) is 0 Å². The summed E-state index contributed by atoms with van der Waals surface area (Å²) in [5, 5.41) is 13.0. The number of hydrogen-bond acceptors (Lipinski definition) is 3. The normalized spacial score (nSPS) is 28.8. The van der Waals surface area contributed by atoms with Crippen LogP contribution in [0.15, 0.2) is 0 Å². The van der Waals surface area contributed by atoms with Crippen molar-refractivity contribution in [3.05, 3.63) is 0 Å². The number of rotatable bonds is 7. The molecule has 0 aliphatic carbocycles. The van der Waals surface area contributed by atoms with Crippen LogP contribution < -0.4 is 5.32 Å². The van der Waals surface area contributed by atoms with Crippen molar-refractivity contribution in [1.82, 2.24) is 10.2 Å². The van der Waals surface area contributed by atoms with Gasteiger partial charge in [-0.15, -0.1) is 0 Å². The van der Waals surface area contributed by atoms with Crippen LogP contribution in [0, 0.1) is 5.92 Å². The van der Waals surface area contributed by atoms with E-state index in [0.29, 0.717) is 6.04 Å². The Balaban J connectivity index is 2.31. The van der Waals surface area contributed by atoms with Gasteiger partial charge in [0.05, 0.1) is 6.61 Å². The van der Waals surface area contributed by atoms with Gasteiger partial charge in [0.25, 0.3) is 0 Å². The molecular weight excluding hydrogens is 224 g/mol. The average molecular weight is 256 g/mol. The van der Waals surface area contributed by atoms with Crippen molar-refractivity contribution >= 4 is 0 Å². The minimum atomic E-state index is -0.122. The van der Waals surface area contributed by atoms with Crippen molar-refractivity contribution in [2.45, 2.75) is 71.5 Å². The first-order valence-corrected chi connectivity index (χ1v) is 7.49. The summed E-state index contributed by atoms with van der Waals surface area (Å²) in [6, 6.07) is 1.16. The van der Waals surface area contributed by atoms with Crippen LogP contribution in [0.5, 0.6) is 0 Å². The zero-order chi connectivity index (χ0) is 13.8. The second kappa shape index (κ2) is 6.88. The minimum absolute atomic E-state index is 0.122. The molecule has 0 saturated carbocycles. The fraction of sp³-hybridized carbons (Fsp3) is 1.00. The molecule has 3 nitrogen and oxygen atoms in total. The molecule has 3 atom stereocenters. The monoisotopic (exact) mass is 256 g/mol. The van der Waals surface area contributed by atoms with Gasteiger partial charge in [-0.3, -0.25) is 0 Å². The summed E-state index contributed by atoms with van der Waals surface area (Å²) in [6.45, 7) is 13.7. The summed E-state index contributed by atoms with van der Waals surface area (Å²) in [5.41, 5.74) is -0.122. The number of likely N-dealkylation sites (tertiary alicyclic amines) is 1. The molecule has 18 heavy (non-hydrogen) atoms. The Morgan fingerprint density at radius 3 is 2.50 bits per heavy atom. The lowest BCUT2D eigenvalue weighted by Crippen LogP contribution is -2.49. The Bertz CT molecular complexity index is 245. The molecule has 1 heterocycles. The van der Waals surface area contributed by atoms with Gasteiger partial charge >= 0.3 is 0 Å². The third-order valence-electron chi connectivity index (χ3n) is 4.07. The van der Waals surface area contributed by atoms with E-state index in [0.717, 1.165) is 24.8 Å². The van der Waals surface area contributed by atoms with Crippen LogP contribution in [0.2, 0.25) is 0 Å². The van der Waals surface area contributed by atoms with Crippen LogP contribution in [-0.2, 0) is 0 Å². The highest BCUT2D eigenvalue weighted by Gasteiger charge is 2.27. The van der Waals surface area contributed by atoms with E-state index >= 15 is 0 Å². The smallest absolute Gasteiger partial charge is 0.0610 e. The molecule has 1 fully saturated rings. The molecule has 1 aliphatic heterocycles. The van der Waals surface area contributed by atoms with Gasteiger partial charge in [-0.2, -0.15) is 0 Å². The van der Waals surface area contributed by atoms with Gasteiger partial charge < -0.3 is 15.3 Å². The van der Waals surface area contributed by atoms with Gasteiger partial charge in [-0.25, -0.2) is 0 Å². The van der Waals surface area contributed by atoms with Crippen molar-refractivity contribution in [2.24, 2.45) is 5.92 Å². The maximum atomic E-state index is 9.54. The summed E-state index contributed by atoms with van der Waals surface area (Å²) in [4.78, 5) is 2.60. The number of nitrogens with one attached hydrogen (secondary N) is 1. The Labute approximate surface area is 113 Å². The van der Waals surface area contributed by atoms with Gasteiger partial charge in [0.1, 0.15) is 0 Å². The SMILES string of the molecule is CC1CC(C)N(CCCC(C)(CO)NC(C)C)C1. The summed E-state index contributed by atoms with van der Waals surface area (Å²) in [5.74, 6) is 0.845. The van der Waals surface area contributed by atoms with Crippen molar-refractivity contribution < 1.29 is 5.11 Å². The Kier molecular flexibility index (Phi) is 6.09. The predicted molar refractivity (Wildman–Crippen MR) is 77.8 cm³/mol. The molecule has 0 spiro atoms. The lowest BCUT2D eigenvalue weighted by atomic mass is 9.95. The van der Waals surface area contributed by atoms with Gasteiger partial charge in [0, 0.05) is 24.2 Å². The molecule has 3 heteroatoms. The fourth-order valence-electron chi connectivity index (χ4n) is 3.26. The van der Waals surface area contributed by atoms with E-state index in [1.807, 2.05) is 0 Å². The topological polar surface area (TPSA) is 35.5 Å². The van der Waals surface area contributed by atoms with Gasteiger partial charge in [-0.05, 0) is 45.6 Å². The molecule has 0 bridgehead atoms. The van der Waals surface area contributed by atoms with Crippen molar-refractivity contribution in [3.8, 4) is 0 Å². The largest absolute Gasteiger partial charge is 0.394 e. The molecule has 0 aromatic carbocycles. The zero-order valence-electron chi connectivity index (χ0n) is 12.9. The first kappa shape index (κ1) is 15.9. The van der Waals surface area contributed by atoms with Crippen LogP contribution in [0.25, 0.3) is 0 Å². The van der Waals surface area contributed by atoms with Gasteiger partial charge in [-0.1, -0.05) is 20.8 Å². The van der Waals surface area contributed by atoms with Gasteiger partial charge in [0.2, 0.25) is 0 Å². The van der Waals surface area contributed by atoms with E-state index in [2.05, 4.69) is 44.8 Å². The molecule has 108 valence electrons.